The van der Waals surface area contributed by atoms with Crippen molar-refractivity contribution in [2.45, 2.75) is 82.5 Å². The molecule has 12 heteroatoms. The number of nitrogens with zero attached hydrogens (tertiary/aromatic N) is 3. The van der Waals surface area contributed by atoms with Crippen LogP contribution < -0.4 is 9.64 Å². The SMILES string of the molecule is Cc1cc(C(=O)O)ccc1-c1csc(N2[C@@H]3CC[C@H]2C[C@@H](OCc2c(-c4ccccc4OC(F)(F)F)noc2C2CC2)C3)n1. The Hall–Kier alpha value is -3.90. The van der Waals surface area contributed by atoms with E-state index in [1.54, 1.807) is 35.6 Å². The van der Waals surface area contributed by atoms with Gasteiger partial charge in [0, 0.05) is 40.1 Å². The number of alkyl halides is 3. The second kappa shape index (κ2) is 11.2. The standard InChI is InChI=1S/C32H30F3N3O5S/c1-17-12-19(30(39)40)8-11-23(17)26-16-44-31(36-26)38-20-9-10-21(38)14-22(13-20)41-15-25-28(37-43-29(25)18-6-7-18)24-4-2-3-5-27(24)42-32(33,34)35/h2-5,8,11-12,16,18,20-22H,6-7,9-10,13-15H2,1H3,(H,39,40)/t20-,21+,22+. The predicted octanol–water partition coefficient (Wildman–Crippen LogP) is 7.96. The Balaban J connectivity index is 1.07. The molecule has 3 atom stereocenters. The zero-order valence-corrected chi connectivity index (χ0v) is 24.7. The van der Waals surface area contributed by atoms with Gasteiger partial charge in [0.05, 0.1) is 24.0 Å². The number of carboxylic acids is 1. The zero-order chi connectivity index (χ0) is 30.6. The molecule has 3 aliphatic rings. The van der Waals surface area contributed by atoms with Crippen LogP contribution in [0, 0.1) is 6.92 Å². The molecule has 44 heavy (non-hydrogen) atoms. The summed E-state index contributed by atoms with van der Waals surface area (Å²) >= 11 is 1.59. The van der Waals surface area contributed by atoms with Crippen molar-refractivity contribution in [2.24, 2.45) is 0 Å². The van der Waals surface area contributed by atoms with Crippen molar-refractivity contribution >= 4 is 22.4 Å². The second-order valence-electron chi connectivity index (χ2n) is 11.7. The number of para-hydroxylation sites is 1. The molecule has 4 aromatic rings. The van der Waals surface area contributed by atoms with Crippen molar-refractivity contribution in [1.82, 2.24) is 10.1 Å². The summed E-state index contributed by atoms with van der Waals surface area (Å²) in [5, 5.41) is 16.5. The van der Waals surface area contributed by atoms with Crippen molar-refractivity contribution in [3.63, 3.8) is 0 Å². The van der Waals surface area contributed by atoms with E-state index in [-0.39, 0.29) is 47.6 Å². The van der Waals surface area contributed by atoms with Gasteiger partial charge in [-0.05, 0) is 75.3 Å². The van der Waals surface area contributed by atoms with Gasteiger partial charge in [0.1, 0.15) is 17.2 Å². The average molecular weight is 626 g/mol. The van der Waals surface area contributed by atoms with Crippen LogP contribution in [0.3, 0.4) is 0 Å². The largest absolute Gasteiger partial charge is 0.573 e. The topological polar surface area (TPSA) is 97.9 Å². The molecule has 2 aromatic heterocycles. The Morgan fingerprint density at radius 3 is 2.52 bits per heavy atom. The molecule has 3 fully saturated rings. The smallest absolute Gasteiger partial charge is 0.478 e. The van der Waals surface area contributed by atoms with E-state index >= 15 is 0 Å². The third-order valence-electron chi connectivity index (χ3n) is 8.75. The number of aromatic carboxylic acids is 1. The maximum Gasteiger partial charge on any atom is 0.573 e. The number of benzene rings is 2. The molecule has 1 N–H and O–H groups in total. The fraction of sp³-hybridized carbons (Fsp3) is 0.406. The molecule has 2 aliphatic heterocycles. The Bertz CT molecular complexity index is 1680. The van der Waals surface area contributed by atoms with Gasteiger partial charge in [-0.1, -0.05) is 23.4 Å². The first-order chi connectivity index (χ1) is 21.1. The first-order valence-electron chi connectivity index (χ1n) is 14.7. The highest BCUT2D eigenvalue weighted by molar-refractivity contribution is 7.14. The fourth-order valence-electron chi connectivity index (χ4n) is 6.58. The number of thiazole rings is 1. The molecule has 0 spiro atoms. The van der Waals surface area contributed by atoms with Crippen LogP contribution in [0.5, 0.6) is 5.75 Å². The van der Waals surface area contributed by atoms with Gasteiger partial charge in [-0.2, -0.15) is 0 Å². The van der Waals surface area contributed by atoms with Gasteiger partial charge in [0.25, 0.3) is 0 Å². The minimum atomic E-state index is -4.83. The highest BCUT2D eigenvalue weighted by Crippen LogP contribution is 2.47. The van der Waals surface area contributed by atoms with Crippen LogP contribution >= 0.6 is 11.3 Å². The molecule has 4 heterocycles. The van der Waals surface area contributed by atoms with E-state index in [0.29, 0.717) is 17.0 Å². The van der Waals surface area contributed by atoms with Gasteiger partial charge in [0.2, 0.25) is 0 Å². The number of piperidine rings is 1. The number of halogens is 3. The number of aromatic nitrogens is 2. The molecular weight excluding hydrogens is 595 g/mol. The quantitative estimate of drug-likeness (QED) is 0.200. The maximum atomic E-state index is 13.1. The fourth-order valence-corrected chi connectivity index (χ4v) is 7.55. The zero-order valence-electron chi connectivity index (χ0n) is 23.8. The van der Waals surface area contributed by atoms with Crippen molar-refractivity contribution < 1.29 is 37.1 Å². The molecule has 2 saturated heterocycles. The minimum Gasteiger partial charge on any atom is -0.478 e. The van der Waals surface area contributed by atoms with Crippen LogP contribution in [-0.2, 0) is 11.3 Å². The lowest BCUT2D eigenvalue weighted by Crippen LogP contribution is -2.45. The molecular formula is C32H30F3N3O5S. The molecule has 0 amide bonds. The molecule has 1 aliphatic carbocycles. The van der Waals surface area contributed by atoms with Crippen LogP contribution in [0.2, 0.25) is 0 Å². The Morgan fingerprint density at radius 1 is 1.09 bits per heavy atom. The van der Waals surface area contributed by atoms with Crippen LogP contribution in [0.25, 0.3) is 22.5 Å². The Labute approximate surface area is 255 Å². The number of aryl methyl sites for hydroxylation is 1. The predicted molar refractivity (Wildman–Crippen MR) is 157 cm³/mol. The summed E-state index contributed by atoms with van der Waals surface area (Å²) in [6, 6.07) is 11.6. The maximum absolute atomic E-state index is 13.1. The summed E-state index contributed by atoms with van der Waals surface area (Å²) in [4.78, 5) is 18.7. The van der Waals surface area contributed by atoms with Crippen LogP contribution in [0.4, 0.5) is 18.3 Å². The first kappa shape index (κ1) is 28.8. The van der Waals surface area contributed by atoms with E-state index in [2.05, 4.69) is 14.8 Å². The van der Waals surface area contributed by atoms with E-state index in [1.165, 1.54) is 12.1 Å². The number of carbonyl (C=O) groups is 1. The number of carboxylic acid groups (broad SMARTS) is 1. The van der Waals surface area contributed by atoms with Gasteiger partial charge in [-0.3, -0.25) is 0 Å². The van der Waals surface area contributed by atoms with Crippen molar-refractivity contribution in [3.05, 3.63) is 70.3 Å². The summed E-state index contributed by atoms with van der Waals surface area (Å²) in [6.45, 7) is 2.09. The second-order valence-corrected chi connectivity index (χ2v) is 12.6. The third-order valence-corrected chi connectivity index (χ3v) is 9.60. The van der Waals surface area contributed by atoms with E-state index < -0.39 is 12.3 Å². The van der Waals surface area contributed by atoms with Crippen LogP contribution in [0.1, 0.15) is 71.7 Å². The number of hydrogen-bond acceptors (Lipinski definition) is 8. The molecule has 7 rings (SSSR count). The Morgan fingerprint density at radius 2 is 1.84 bits per heavy atom. The first-order valence-corrected chi connectivity index (χ1v) is 15.6. The molecule has 0 radical (unpaired) electrons. The van der Waals surface area contributed by atoms with Crippen LogP contribution in [-0.4, -0.2) is 45.8 Å². The van der Waals surface area contributed by atoms with Gasteiger partial charge >= 0.3 is 12.3 Å². The lowest BCUT2D eigenvalue weighted by Gasteiger charge is -2.38. The van der Waals surface area contributed by atoms with Gasteiger partial charge < -0.3 is 24.0 Å². The Kier molecular flexibility index (Phi) is 7.36. The molecule has 2 aromatic carbocycles. The number of fused-ring (bicyclic) bond motifs is 2. The van der Waals surface area contributed by atoms with Gasteiger partial charge in [0.15, 0.2) is 5.13 Å². The molecule has 8 nitrogen and oxygen atoms in total. The van der Waals surface area contributed by atoms with Gasteiger partial charge in [-0.15, -0.1) is 24.5 Å². The highest BCUT2D eigenvalue weighted by atomic mass is 32.1. The molecule has 230 valence electrons. The normalized spacial score (nSPS) is 21.5. The summed E-state index contributed by atoms with van der Waals surface area (Å²) in [5.74, 6) is -0.389. The summed E-state index contributed by atoms with van der Waals surface area (Å²) in [5.41, 5.74) is 4.11. The summed E-state index contributed by atoms with van der Waals surface area (Å²) in [6.07, 6.45) is 0.722. The number of rotatable bonds is 9. The lowest BCUT2D eigenvalue weighted by atomic mass is 9.99. The molecule has 2 bridgehead atoms. The molecule has 0 unspecified atom stereocenters. The summed E-state index contributed by atoms with van der Waals surface area (Å²) < 4.78 is 55.9. The minimum absolute atomic E-state index is 0.0227. The van der Waals surface area contributed by atoms with Gasteiger partial charge in [-0.25, -0.2) is 9.78 Å². The number of anilines is 1. The van der Waals surface area contributed by atoms with Crippen LogP contribution in [0.15, 0.2) is 52.4 Å². The summed E-state index contributed by atoms with van der Waals surface area (Å²) in [7, 11) is 0. The third kappa shape index (κ3) is 5.68. The number of ether oxygens (including phenoxy) is 2. The van der Waals surface area contributed by atoms with E-state index in [1.807, 2.05) is 18.4 Å². The number of hydrogen-bond donors (Lipinski definition) is 1. The van der Waals surface area contributed by atoms with E-state index in [4.69, 9.17) is 14.2 Å². The lowest BCUT2D eigenvalue weighted by molar-refractivity contribution is -0.274. The van der Waals surface area contributed by atoms with Crippen molar-refractivity contribution in [3.8, 4) is 28.3 Å². The monoisotopic (exact) mass is 625 g/mol. The van der Waals surface area contributed by atoms with E-state index in [9.17, 15) is 23.1 Å². The highest BCUT2D eigenvalue weighted by Gasteiger charge is 2.43. The van der Waals surface area contributed by atoms with E-state index in [0.717, 1.165) is 60.5 Å². The average Bonchev–Trinajstić information content (AvgIpc) is 3.45. The molecule has 1 saturated carbocycles. The van der Waals surface area contributed by atoms with Crippen molar-refractivity contribution in [2.75, 3.05) is 4.90 Å². The van der Waals surface area contributed by atoms with Crippen molar-refractivity contribution in [1.29, 1.82) is 0 Å².